The molecule has 0 amide bonds. The molecule has 86 valence electrons. The molecule has 0 aliphatic rings. The van der Waals surface area contributed by atoms with Gasteiger partial charge >= 0.3 is 5.97 Å². The maximum Gasteiger partial charge on any atom is 0.379 e. The van der Waals surface area contributed by atoms with Crippen LogP contribution in [0, 0.1) is 0 Å². The third-order valence-electron chi connectivity index (χ3n) is 2.12. The first-order valence-corrected chi connectivity index (χ1v) is 5.05. The van der Waals surface area contributed by atoms with Crippen molar-refractivity contribution in [3.05, 3.63) is 35.4 Å². The Morgan fingerprint density at radius 1 is 1.31 bits per heavy atom. The third kappa shape index (κ3) is 2.90. The van der Waals surface area contributed by atoms with Crippen molar-refractivity contribution in [3.63, 3.8) is 0 Å². The summed E-state index contributed by atoms with van der Waals surface area (Å²) in [5.74, 6) is -1.52. The molecule has 0 saturated carbocycles. The minimum absolute atomic E-state index is 0.177. The van der Waals surface area contributed by atoms with E-state index in [9.17, 15) is 14.7 Å². The first-order chi connectivity index (χ1) is 7.56. The van der Waals surface area contributed by atoms with Crippen molar-refractivity contribution < 1.29 is 19.4 Å². The summed E-state index contributed by atoms with van der Waals surface area (Å²) in [7, 11) is 0. The SMILES string of the molecule is CCOC(=O)C(=O)c1ccc(C(C)O)cc1. The lowest BCUT2D eigenvalue weighted by atomic mass is 10.1. The highest BCUT2D eigenvalue weighted by Gasteiger charge is 2.17. The van der Waals surface area contributed by atoms with E-state index < -0.39 is 17.9 Å². The van der Waals surface area contributed by atoms with Crippen LogP contribution in [0.3, 0.4) is 0 Å². The zero-order valence-corrected chi connectivity index (χ0v) is 9.27. The number of carbonyl (C=O) groups excluding carboxylic acids is 2. The first kappa shape index (κ1) is 12.4. The molecular weight excluding hydrogens is 208 g/mol. The predicted octanol–water partition coefficient (Wildman–Crippen LogP) is 1.49. The number of Topliss-reactive ketones (excluding diaryl/α,β-unsaturated/α-hetero) is 1. The Labute approximate surface area is 93.9 Å². The Morgan fingerprint density at radius 2 is 1.88 bits per heavy atom. The number of ketones is 1. The first-order valence-electron chi connectivity index (χ1n) is 5.05. The Morgan fingerprint density at radius 3 is 2.31 bits per heavy atom. The van der Waals surface area contributed by atoms with Gasteiger partial charge in [-0.2, -0.15) is 0 Å². The van der Waals surface area contributed by atoms with Crippen molar-refractivity contribution in [1.29, 1.82) is 0 Å². The molecule has 1 aromatic carbocycles. The van der Waals surface area contributed by atoms with Crippen LogP contribution in [0.2, 0.25) is 0 Å². The monoisotopic (exact) mass is 222 g/mol. The van der Waals surface area contributed by atoms with Crippen molar-refractivity contribution in [2.75, 3.05) is 6.61 Å². The van der Waals surface area contributed by atoms with Gasteiger partial charge in [0.25, 0.3) is 5.78 Å². The van der Waals surface area contributed by atoms with Crippen LogP contribution in [0.25, 0.3) is 0 Å². The summed E-state index contributed by atoms with van der Waals surface area (Å²) in [6.45, 7) is 3.44. The number of rotatable bonds is 4. The maximum atomic E-state index is 11.5. The molecule has 0 radical (unpaired) electrons. The summed E-state index contributed by atoms with van der Waals surface area (Å²) in [5, 5.41) is 9.27. The van der Waals surface area contributed by atoms with Crippen LogP contribution in [0.4, 0.5) is 0 Å². The largest absolute Gasteiger partial charge is 0.460 e. The van der Waals surface area contributed by atoms with Crippen LogP contribution >= 0.6 is 0 Å². The van der Waals surface area contributed by atoms with Crippen LogP contribution in [-0.2, 0) is 9.53 Å². The van der Waals surface area contributed by atoms with Crippen molar-refractivity contribution >= 4 is 11.8 Å². The molecule has 16 heavy (non-hydrogen) atoms. The van der Waals surface area contributed by atoms with Gasteiger partial charge in [0.05, 0.1) is 12.7 Å². The fourth-order valence-electron chi connectivity index (χ4n) is 1.23. The fraction of sp³-hybridized carbons (Fsp3) is 0.333. The molecule has 0 fully saturated rings. The molecule has 0 saturated heterocycles. The predicted molar refractivity (Wildman–Crippen MR) is 58.0 cm³/mol. The number of carbonyl (C=O) groups is 2. The number of ether oxygens (including phenoxy) is 1. The van der Waals surface area contributed by atoms with E-state index in [0.29, 0.717) is 5.56 Å². The van der Waals surface area contributed by atoms with Gasteiger partial charge in [-0.15, -0.1) is 0 Å². The molecule has 1 aromatic rings. The molecule has 1 N–H and O–H groups in total. The summed E-state index contributed by atoms with van der Waals surface area (Å²) in [4.78, 5) is 22.6. The van der Waals surface area contributed by atoms with Gasteiger partial charge in [0, 0.05) is 5.56 Å². The van der Waals surface area contributed by atoms with E-state index in [2.05, 4.69) is 4.74 Å². The molecule has 4 heteroatoms. The van der Waals surface area contributed by atoms with Crippen molar-refractivity contribution in [3.8, 4) is 0 Å². The van der Waals surface area contributed by atoms with E-state index in [4.69, 9.17) is 0 Å². The molecule has 1 atom stereocenters. The second kappa shape index (κ2) is 5.42. The molecule has 0 aliphatic carbocycles. The minimum atomic E-state index is -0.854. The van der Waals surface area contributed by atoms with E-state index in [1.807, 2.05) is 0 Å². The van der Waals surface area contributed by atoms with E-state index in [0.717, 1.165) is 0 Å². The minimum Gasteiger partial charge on any atom is -0.460 e. The highest BCUT2D eigenvalue weighted by atomic mass is 16.5. The second-order valence-electron chi connectivity index (χ2n) is 3.35. The second-order valence-corrected chi connectivity index (χ2v) is 3.35. The van der Waals surface area contributed by atoms with Gasteiger partial charge in [0.15, 0.2) is 0 Å². The Bertz CT molecular complexity index is 379. The summed E-state index contributed by atoms with van der Waals surface area (Å²) >= 11 is 0. The standard InChI is InChI=1S/C12H14O4/c1-3-16-12(15)11(14)10-6-4-9(5-7-10)8(2)13/h4-8,13H,3H2,1-2H3. The van der Waals surface area contributed by atoms with Crippen molar-refractivity contribution in [2.24, 2.45) is 0 Å². The fourth-order valence-corrected chi connectivity index (χ4v) is 1.23. The van der Waals surface area contributed by atoms with Gasteiger partial charge in [0.2, 0.25) is 0 Å². The number of aliphatic hydroxyl groups is 1. The lowest BCUT2D eigenvalue weighted by Gasteiger charge is -2.05. The smallest absolute Gasteiger partial charge is 0.379 e. The molecule has 0 spiro atoms. The molecule has 0 aliphatic heterocycles. The van der Waals surface area contributed by atoms with Gasteiger partial charge in [-0.3, -0.25) is 4.79 Å². The lowest BCUT2D eigenvalue weighted by Crippen LogP contribution is -2.17. The van der Waals surface area contributed by atoms with Crippen LogP contribution in [-0.4, -0.2) is 23.5 Å². The van der Waals surface area contributed by atoms with Crippen LogP contribution in [0.1, 0.15) is 35.9 Å². The lowest BCUT2D eigenvalue weighted by molar-refractivity contribution is -0.137. The van der Waals surface area contributed by atoms with E-state index in [1.54, 1.807) is 26.0 Å². The third-order valence-corrected chi connectivity index (χ3v) is 2.12. The summed E-state index contributed by atoms with van der Waals surface area (Å²) in [6, 6.07) is 6.22. The summed E-state index contributed by atoms with van der Waals surface area (Å²) in [6.07, 6.45) is -0.591. The Kier molecular flexibility index (Phi) is 4.19. The normalized spacial score (nSPS) is 11.9. The molecule has 0 bridgehead atoms. The van der Waals surface area contributed by atoms with Gasteiger partial charge in [0.1, 0.15) is 0 Å². The van der Waals surface area contributed by atoms with Gasteiger partial charge in [-0.1, -0.05) is 24.3 Å². The highest BCUT2D eigenvalue weighted by Crippen LogP contribution is 2.13. The zero-order chi connectivity index (χ0) is 12.1. The van der Waals surface area contributed by atoms with Crippen molar-refractivity contribution in [1.82, 2.24) is 0 Å². The number of hydrogen-bond acceptors (Lipinski definition) is 4. The molecular formula is C12H14O4. The summed E-state index contributed by atoms with van der Waals surface area (Å²) in [5.41, 5.74) is 0.961. The maximum absolute atomic E-state index is 11.5. The Balaban J connectivity index is 2.81. The average molecular weight is 222 g/mol. The van der Waals surface area contributed by atoms with Crippen LogP contribution in [0.5, 0.6) is 0 Å². The summed E-state index contributed by atoms with van der Waals surface area (Å²) < 4.78 is 4.60. The average Bonchev–Trinajstić information content (AvgIpc) is 2.28. The quantitative estimate of drug-likeness (QED) is 0.476. The Hall–Kier alpha value is -1.68. The highest BCUT2D eigenvalue weighted by molar-refractivity contribution is 6.40. The molecule has 1 unspecified atom stereocenters. The molecule has 0 heterocycles. The van der Waals surface area contributed by atoms with Crippen LogP contribution < -0.4 is 0 Å². The topological polar surface area (TPSA) is 63.6 Å². The number of benzene rings is 1. The number of esters is 1. The van der Waals surface area contributed by atoms with Gasteiger partial charge < -0.3 is 9.84 Å². The molecule has 4 nitrogen and oxygen atoms in total. The number of aliphatic hydroxyl groups excluding tert-OH is 1. The van der Waals surface area contributed by atoms with E-state index in [1.165, 1.54) is 12.1 Å². The van der Waals surface area contributed by atoms with Gasteiger partial charge in [-0.25, -0.2) is 4.79 Å². The van der Waals surface area contributed by atoms with Crippen molar-refractivity contribution in [2.45, 2.75) is 20.0 Å². The van der Waals surface area contributed by atoms with Gasteiger partial charge in [-0.05, 0) is 19.4 Å². The van der Waals surface area contributed by atoms with Crippen LogP contribution in [0.15, 0.2) is 24.3 Å². The molecule has 0 aromatic heterocycles. The van der Waals surface area contributed by atoms with E-state index in [-0.39, 0.29) is 12.2 Å². The molecule has 1 rings (SSSR count). The van der Waals surface area contributed by atoms with E-state index >= 15 is 0 Å². The number of hydrogen-bond donors (Lipinski definition) is 1. The zero-order valence-electron chi connectivity index (χ0n) is 9.27.